The molecule has 1 aromatic rings. The second kappa shape index (κ2) is 7.15. The van der Waals surface area contributed by atoms with Gasteiger partial charge in [-0.1, -0.05) is 11.6 Å². The minimum absolute atomic E-state index is 0.0588. The summed E-state index contributed by atoms with van der Waals surface area (Å²) in [6, 6.07) is 1.10. The second-order valence-electron chi connectivity index (χ2n) is 6.44. The SMILES string of the molecule is CC(C)(C)OC(=O)NC1CCN(S(=O)(=O)c2cc(Br)cnc2Cl)C1. The van der Waals surface area contributed by atoms with Crippen molar-refractivity contribution in [2.45, 2.75) is 43.7 Å². The zero-order valence-electron chi connectivity index (χ0n) is 13.5. The van der Waals surface area contributed by atoms with Crippen LogP contribution < -0.4 is 5.32 Å². The third-order valence-electron chi connectivity index (χ3n) is 3.26. The van der Waals surface area contributed by atoms with Gasteiger partial charge in [0.15, 0.2) is 0 Å². The molecule has 10 heteroatoms. The summed E-state index contributed by atoms with van der Waals surface area (Å²) in [6.45, 7) is 5.73. The van der Waals surface area contributed by atoms with Crippen molar-refractivity contribution < 1.29 is 17.9 Å². The lowest BCUT2D eigenvalue weighted by Crippen LogP contribution is -2.41. The molecule has 0 spiro atoms. The van der Waals surface area contributed by atoms with E-state index in [1.165, 1.54) is 16.6 Å². The van der Waals surface area contributed by atoms with Crippen molar-refractivity contribution in [3.8, 4) is 0 Å². The Morgan fingerprint density at radius 2 is 2.17 bits per heavy atom. The van der Waals surface area contributed by atoms with E-state index in [4.69, 9.17) is 16.3 Å². The van der Waals surface area contributed by atoms with Crippen molar-refractivity contribution in [1.82, 2.24) is 14.6 Å². The van der Waals surface area contributed by atoms with E-state index in [0.29, 0.717) is 10.9 Å². The topological polar surface area (TPSA) is 88.6 Å². The Bertz CT molecular complexity index is 736. The van der Waals surface area contributed by atoms with Crippen molar-refractivity contribution in [3.63, 3.8) is 0 Å². The number of ether oxygens (including phenoxy) is 1. The third-order valence-corrected chi connectivity index (χ3v) is 5.99. The van der Waals surface area contributed by atoms with Gasteiger partial charge in [0, 0.05) is 29.8 Å². The van der Waals surface area contributed by atoms with Crippen LogP contribution in [0.3, 0.4) is 0 Å². The third kappa shape index (κ3) is 4.81. The molecule has 24 heavy (non-hydrogen) atoms. The fraction of sp³-hybridized carbons (Fsp3) is 0.571. The fourth-order valence-corrected chi connectivity index (χ4v) is 4.68. The van der Waals surface area contributed by atoms with Crippen LogP contribution in [0, 0.1) is 0 Å². The lowest BCUT2D eigenvalue weighted by molar-refractivity contribution is 0.0507. The normalized spacial score (nSPS) is 19.3. The molecule has 0 aliphatic carbocycles. The molecular weight excluding hydrogens is 422 g/mol. The van der Waals surface area contributed by atoms with Crippen molar-refractivity contribution in [3.05, 3.63) is 21.9 Å². The zero-order chi connectivity index (χ0) is 18.1. The molecule has 1 fully saturated rings. The molecule has 134 valence electrons. The van der Waals surface area contributed by atoms with Gasteiger partial charge in [0.25, 0.3) is 0 Å². The number of carbonyl (C=O) groups is 1. The van der Waals surface area contributed by atoms with E-state index in [1.807, 2.05) is 0 Å². The van der Waals surface area contributed by atoms with Gasteiger partial charge < -0.3 is 10.1 Å². The number of nitrogens with zero attached hydrogens (tertiary/aromatic N) is 2. The Labute approximate surface area is 154 Å². The predicted molar refractivity (Wildman–Crippen MR) is 93.5 cm³/mol. The summed E-state index contributed by atoms with van der Waals surface area (Å²) >= 11 is 9.12. The van der Waals surface area contributed by atoms with Gasteiger partial charge in [-0.15, -0.1) is 0 Å². The van der Waals surface area contributed by atoms with E-state index in [2.05, 4.69) is 26.2 Å². The summed E-state index contributed by atoms with van der Waals surface area (Å²) in [5.41, 5.74) is -0.607. The number of carbonyl (C=O) groups excluding carboxylic acids is 1. The quantitative estimate of drug-likeness (QED) is 0.730. The first-order valence-corrected chi connectivity index (χ1v) is 9.91. The average molecular weight is 441 g/mol. The minimum atomic E-state index is -3.78. The molecule has 1 aromatic heterocycles. The van der Waals surface area contributed by atoms with Crippen molar-refractivity contribution in [2.24, 2.45) is 0 Å². The fourth-order valence-electron chi connectivity index (χ4n) is 2.26. The Morgan fingerprint density at radius 3 is 2.79 bits per heavy atom. The highest BCUT2D eigenvalue weighted by Crippen LogP contribution is 2.28. The molecule has 1 N–H and O–H groups in total. The summed E-state index contributed by atoms with van der Waals surface area (Å²) in [7, 11) is -3.78. The van der Waals surface area contributed by atoms with E-state index >= 15 is 0 Å². The largest absolute Gasteiger partial charge is 0.444 e. The van der Waals surface area contributed by atoms with Crippen LogP contribution in [0.1, 0.15) is 27.2 Å². The predicted octanol–water partition coefficient (Wildman–Crippen LogP) is 2.79. The van der Waals surface area contributed by atoms with E-state index in [-0.39, 0.29) is 29.2 Å². The molecule has 1 amide bonds. The maximum Gasteiger partial charge on any atom is 0.407 e. The highest BCUT2D eigenvalue weighted by molar-refractivity contribution is 9.10. The van der Waals surface area contributed by atoms with Crippen LogP contribution in [0.2, 0.25) is 5.15 Å². The Kier molecular flexibility index (Phi) is 5.79. The van der Waals surface area contributed by atoms with Gasteiger partial charge in [-0.25, -0.2) is 18.2 Å². The zero-order valence-corrected chi connectivity index (χ0v) is 16.7. The molecule has 1 atom stereocenters. The molecule has 0 aromatic carbocycles. The van der Waals surface area contributed by atoms with E-state index < -0.39 is 21.7 Å². The molecule has 7 nitrogen and oxygen atoms in total. The smallest absolute Gasteiger partial charge is 0.407 e. The average Bonchev–Trinajstić information content (AvgIpc) is 2.88. The van der Waals surface area contributed by atoms with Crippen LogP contribution in [0.5, 0.6) is 0 Å². The Balaban J connectivity index is 2.07. The highest BCUT2D eigenvalue weighted by Gasteiger charge is 2.35. The second-order valence-corrected chi connectivity index (χ2v) is 9.62. The maximum absolute atomic E-state index is 12.7. The highest BCUT2D eigenvalue weighted by atomic mass is 79.9. The maximum atomic E-state index is 12.7. The Morgan fingerprint density at radius 1 is 1.50 bits per heavy atom. The number of hydrogen-bond acceptors (Lipinski definition) is 5. The van der Waals surface area contributed by atoms with Gasteiger partial charge in [-0.2, -0.15) is 4.31 Å². The summed E-state index contributed by atoms with van der Waals surface area (Å²) in [5.74, 6) is 0. The van der Waals surface area contributed by atoms with Crippen molar-refractivity contribution in [1.29, 1.82) is 0 Å². The molecule has 0 saturated carbocycles. The molecule has 1 unspecified atom stereocenters. The first-order chi connectivity index (χ1) is 11.0. The van der Waals surface area contributed by atoms with Crippen molar-refractivity contribution in [2.75, 3.05) is 13.1 Å². The number of aromatic nitrogens is 1. The van der Waals surface area contributed by atoms with E-state index in [1.54, 1.807) is 20.8 Å². The summed E-state index contributed by atoms with van der Waals surface area (Å²) in [5, 5.41) is 2.61. The molecule has 2 rings (SSSR count). The molecule has 1 saturated heterocycles. The van der Waals surface area contributed by atoms with E-state index in [9.17, 15) is 13.2 Å². The first kappa shape index (κ1) is 19.4. The number of nitrogens with one attached hydrogen (secondary N) is 1. The lowest BCUT2D eigenvalue weighted by Gasteiger charge is -2.22. The van der Waals surface area contributed by atoms with E-state index in [0.717, 1.165) is 0 Å². The standard InChI is InChI=1S/C14H19BrClN3O4S/c1-14(2,3)23-13(20)18-10-4-5-19(8-10)24(21,22)11-6-9(15)7-17-12(11)16/h6-7,10H,4-5,8H2,1-3H3,(H,18,20). The number of sulfonamides is 1. The number of alkyl carbamates (subject to hydrolysis) is 1. The van der Waals surface area contributed by atoms with Crippen LogP contribution in [0.25, 0.3) is 0 Å². The van der Waals surface area contributed by atoms with Crippen molar-refractivity contribution >= 4 is 43.6 Å². The van der Waals surface area contributed by atoms with Crippen LogP contribution in [0.4, 0.5) is 4.79 Å². The molecule has 2 heterocycles. The van der Waals surface area contributed by atoms with Crippen LogP contribution >= 0.6 is 27.5 Å². The van der Waals surface area contributed by atoms with Gasteiger partial charge in [0.05, 0.1) is 0 Å². The molecule has 1 aliphatic heterocycles. The monoisotopic (exact) mass is 439 g/mol. The van der Waals surface area contributed by atoms with Gasteiger partial charge >= 0.3 is 6.09 Å². The summed E-state index contributed by atoms with van der Waals surface area (Å²) in [4.78, 5) is 15.6. The van der Waals surface area contributed by atoms with Gasteiger partial charge in [0.1, 0.15) is 15.6 Å². The number of rotatable bonds is 3. The molecule has 1 aliphatic rings. The summed E-state index contributed by atoms with van der Waals surface area (Å²) in [6.07, 6.45) is 1.37. The molecule has 0 bridgehead atoms. The van der Waals surface area contributed by atoms with Crippen LogP contribution in [-0.4, -0.2) is 48.5 Å². The molecule has 0 radical (unpaired) electrons. The number of halogens is 2. The minimum Gasteiger partial charge on any atom is -0.444 e. The first-order valence-electron chi connectivity index (χ1n) is 7.30. The van der Waals surface area contributed by atoms with Crippen LogP contribution in [0.15, 0.2) is 21.6 Å². The van der Waals surface area contributed by atoms with Gasteiger partial charge in [-0.05, 0) is 49.2 Å². The lowest BCUT2D eigenvalue weighted by atomic mass is 10.2. The Hall–Kier alpha value is -0.900. The van der Waals surface area contributed by atoms with Crippen LogP contribution in [-0.2, 0) is 14.8 Å². The molecular formula is C14H19BrClN3O4S. The van der Waals surface area contributed by atoms with Gasteiger partial charge in [0.2, 0.25) is 10.0 Å². The number of amides is 1. The number of pyridine rings is 1. The summed E-state index contributed by atoms with van der Waals surface area (Å²) < 4.78 is 32.4. The number of hydrogen-bond donors (Lipinski definition) is 1. The van der Waals surface area contributed by atoms with Gasteiger partial charge in [-0.3, -0.25) is 0 Å².